The van der Waals surface area contributed by atoms with E-state index in [4.69, 9.17) is 20.4 Å². The molecule has 2 aliphatic rings. The van der Waals surface area contributed by atoms with Gasteiger partial charge < -0.3 is 26.2 Å². The number of amides is 2. The first-order valence-corrected chi connectivity index (χ1v) is 13.0. The first-order valence-electron chi connectivity index (χ1n) is 13.0. The van der Waals surface area contributed by atoms with Gasteiger partial charge in [0.1, 0.15) is 11.9 Å². The van der Waals surface area contributed by atoms with Gasteiger partial charge in [-0.15, -0.1) is 0 Å². The van der Waals surface area contributed by atoms with E-state index in [0.717, 1.165) is 33.2 Å². The van der Waals surface area contributed by atoms with Crippen LogP contribution in [0, 0.1) is 0 Å². The molecule has 2 aliphatic heterocycles. The van der Waals surface area contributed by atoms with Gasteiger partial charge >= 0.3 is 18.2 Å². The Morgan fingerprint density at radius 2 is 1.74 bits per heavy atom. The highest BCUT2D eigenvalue weighted by Gasteiger charge is 2.38. The number of carboxylic acid groups (broad SMARTS) is 1. The van der Waals surface area contributed by atoms with Gasteiger partial charge in [0.25, 0.3) is 0 Å². The van der Waals surface area contributed by atoms with Crippen LogP contribution in [0.15, 0.2) is 79.0 Å². The van der Waals surface area contributed by atoms with Crippen LogP contribution in [-0.4, -0.2) is 40.8 Å². The molecule has 6 rings (SSSR count). The Labute approximate surface area is 244 Å². The molecule has 2 amide bonds. The number of anilines is 3. The summed E-state index contributed by atoms with van der Waals surface area (Å²) in [6.07, 6.45) is -3.93. The minimum Gasteiger partial charge on any atom is -0.475 e. The number of carboxylic acids is 1. The number of alkyl halides is 3. The van der Waals surface area contributed by atoms with Gasteiger partial charge in [-0.2, -0.15) is 13.2 Å². The Kier molecular flexibility index (Phi) is 9.33. The number of nitrogens with two attached hydrogens (primary N) is 1. The van der Waals surface area contributed by atoms with Crippen molar-refractivity contribution >= 4 is 45.9 Å². The van der Waals surface area contributed by atoms with E-state index in [1.165, 1.54) is 0 Å². The van der Waals surface area contributed by atoms with Crippen molar-refractivity contribution in [2.24, 2.45) is 0 Å². The van der Waals surface area contributed by atoms with Crippen molar-refractivity contribution in [2.75, 3.05) is 23.0 Å². The Bertz CT molecular complexity index is 1630. The Morgan fingerprint density at radius 3 is 2.44 bits per heavy atom. The third kappa shape index (κ3) is 8.12. The summed E-state index contributed by atoms with van der Waals surface area (Å²) in [6.45, 7) is 2.53. The molecule has 1 aromatic heterocycles. The molecule has 0 fully saturated rings. The van der Waals surface area contributed by atoms with Gasteiger partial charge in [-0.05, 0) is 58.5 Å². The monoisotopic (exact) mass is 595 g/mol. The second-order valence-electron chi connectivity index (χ2n) is 9.72. The summed E-state index contributed by atoms with van der Waals surface area (Å²) in [5, 5.41) is 18.1. The molecule has 0 aliphatic carbocycles. The molecule has 0 spiro atoms. The predicted molar refractivity (Wildman–Crippen MR) is 154 cm³/mol. The second-order valence-corrected chi connectivity index (χ2v) is 9.72. The molecule has 13 heteroatoms. The van der Waals surface area contributed by atoms with Gasteiger partial charge in [0.05, 0.1) is 6.61 Å². The van der Waals surface area contributed by atoms with Crippen LogP contribution < -0.4 is 21.7 Å². The van der Waals surface area contributed by atoms with Crippen LogP contribution in [0.3, 0.4) is 0 Å². The number of benzene rings is 3. The molecule has 6 N–H and O–H groups in total. The van der Waals surface area contributed by atoms with Crippen molar-refractivity contribution in [3.05, 3.63) is 95.7 Å². The third-order valence-electron chi connectivity index (χ3n) is 6.55. The third-order valence-corrected chi connectivity index (χ3v) is 6.55. The highest BCUT2D eigenvalue weighted by molar-refractivity contribution is 5.94. The van der Waals surface area contributed by atoms with E-state index >= 15 is 0 Å². The zero-order valence-electron chi connectivity index (χ0n) is 22.8. The van der Waals surface area contributed by atoms with Crippen LogP contribution in [0.1, 0.15) is 35.6 Å². The fraction of sp³-hybridized carbons (Fsp3) is 0.200. The molecular weight excluding hydrogens is 567 g/mol. The summed E-state index contributed by atoms with van der Waals surface area (Å²) in [7, 11) is 0. The van der Waals surface area contributed by atoms with Crippen LogP contribution >= 0.6 is 0 Å². The molecule has 0 saturated heterocycles. The number of aliphatic carboxylic acids is 1. The number of fused-ring (bicyclic) bond motifs is 10. The second kappa shape index (κ2) is 13.1. The average Bonchev–Trinajstić information content (AvgIpc) is 2.97. The standard InChI is InChI=1S/C28H27N5O3.C2HF3O2/c1-17-16-36-28(35)33-22-4-2-3-18(13-22)15-31-27(34)25(20-7-5-19(17)6-8-20)32-23-9-10-24-21(14-23)11-12-30-26(24)29;3-2(4,5)1(6)7/h2-14,17,25,32H,15-16H2,1H3,(H2,29,30)(H,31,34)(H,33,35);(H,6,7). The van der Waals surface area contributed by atoms with Crippen molar-refractivity contribution in [1.82, 2.24) is 10.3 Å². The van der Waals surface area contributed by atoms with Crippen LogP contribution in [0.4, 0.5) is 35.2 Å². The Balaban J connectivity index is 0.000000541. The topological polar surface area (TPSA) is 156 Å². The summed E-state index contributed by atoms with van der Waals surface area (Å²) >= 11 is 0. The number of aromatic nitrogens is 1. The van der Waals surface area contributed by atoms with E-state index in [-0.39, 0.29) is 18.4 Å². The van der Waals surface area contributed by atoms with E-state index in [9.17, 15) is 22.8 Å². The number of carbonyl (C=O) groups excluding carboxylic acids is 2. The van der Waals surface area contributed by atoms with E-state index in [0.29, 0.717) is 18.1 Å². The van der Waals surface area contributed by atoms with Crippen molar-refractivity contribution < 1.29 is 37.4 Å². The largest absolute Gasteiger partial charge is 0.490 e. The maximum atomic E-state index is 13.4. The maximum Gasteiger partial charge on any atom is 0.490 e. The summed E-state index contributed by atoms with van der Waals surface area (Å²) in [6, 6.07) is 22.1. The molecule has 3 aromatic carbocycles. The van der Waals surface area contributed by atoms with Crippen LogP contribution in [0.25, 0.3) is 10.8 Å². The number of rotatable bonds is 2. The fourth-order valence-electron chi connectivity index (χ4n) is 4.28. The van der Waals surface area contributed by atoms with Crippen molar-refractivity contribution in [3.63, 3.8) is 0 Å². The summed E-state index contributed by atoms with van der Waals surface area (Å²) in [4.78, 5) is 38.7. The molecular formula is C30H28F3N5O5. The molecule has 2 atom stereocenters. The van der Waals surface area contributed by atoms with Gasteiger partial charge in [0.2, 0.25) is 5.91 Å². The maximum absolute atomic E-state index is 13.4. The van der Waals surface area contributed by atoms with Crippen molar-refractivity contribution in [2.45, 2.75) is 31.6 Å². The lowest BCUT2D eigenvalue weighted by Crippen LogP contribution is -2.33. The fourth-order valence-corrected chi connectivity index (χ4v) is 4.28. The van der Waals surface area contributed by atoms with Crippen molar-refractivity contribution in [1.29, 1.82) is 0 Å². The normalized spacial score (nSPS) is 17.1. The molecule has 43 heavy (non-hydrogen) atoms. The minimum atomic E-state index is -5.08. The predicted octanol–water partition coefficient (Wildman–Crippen LogP) is 5.59. The van der Waals surface area contributed by atoms with Gasteiger partial charge in [-0.25, -0.2) is 14.6 Å². The molecule has 0 saturated carbocycles. The molecule has 10 nitrogen and oxygen atoms in total. The Hall–Kier alpha value is -5.33. The van der Waals surface area contributed by atoms with E-state index in [2.05, 4.69) is 20.9 Å². The molecule has 3 heterocycles. The first kappa shape index (κ1) is 30.6. The average molecular weight is 596 g/mol. The zero-order chi connectivity index (χ0) is 31.1. The highest BCUT2D eigenvalue weighted by atomic mass is 19.4. The van der Waals surface area contributed by atoms with E-state index < -0.39 is 24.3 Å². The Morgan fingerprint density at radius 1 is 1.05 bits per heavy atom. The summed E-state index contributed by atoms with van der Waals surface area (Å²) in [5.74, 6) is -2.47. The molecule has 2 unspecified atom stereocenters. The number of hydrogen-bond acceptors (Lipinski definition) is 7. The number of ether oxygens (including phenoxy) is 1. The lowest BCUT2D eigenvalue weighted by Gasteiger charge is -2.22. The number of nitrogens with zero attached hydrogens (tertiary/aromatic N) is 1. The lowest BCUT2D eigenvalue weighted by atomic mass is 9.97. The minimum absolute atomic E-state index is 0.0103. The first-order chi connectivity index (χ1) is 20.4. The molecule has 0 radical (unpaired) electrons. The molecule has 4 aromatic rings. The molecule has 4 bridgehead atoms. The summed E-state index contributed by atoms with van der Waals surface area (Å²) < 4.78 is 37.2. The number of nitrogens with one attached hydrogen (secondary N) is 3. The molecule has 224 valence electrons. The number of carbonyl (C=O) groups is 3. The van der Waals surface area contributed by atoms with Crippen LogP contribution in [0.2, 0.25) is 0 Å². The quantitative estimate of drug-likeness (QED) is 0.201. The number of pyridine rings is 1. The van der Waals surface area contributed by atoms with Crippen molar-refractivity contribution in [3.8, 4) is 0 Å². The zero-order valence-corrected chi connectivity index (χ0v) is 22.8. The number of nitrogen functional groups attached to an aromatic ring is 1. The van der Waals surface area contributed by atoms with Crippen LogP contribution in [0.5, 0.6) is 0 Å². The van der Waals surface area contributed by atoms with E-state index in [1.54, 1.807) is 12.3 Å². The van der Waals surface area contributed by atoms with Gasteiger partial charge in [0, 0.05) is 35.4 Å². The SMILES string of the molecule is CC1COC(=O)Nc2cccc(c2)CNC(=O)C(Nc2ccc3c(N)nccc3c2)c2ccc1cc2.O=C(O)C(F)(F)F. The lowest BCUT2D eigenvalue weighted by molar-refractivity contribution is -0.192. The highest BCUT2D eigenvalue weighted by Crippen LogP contribution is 2.27. The van der Waals surface area contributed by atoms with Crippen LogP contribution in [-0.2, 0) is 20.9 Å². The number of halogens is 3. The van der Waals surface area contributed by atoms with Gasteiger partial charge in [0.15, 0.2) is 0 Å². The van der Waals surface area contributed by atoms with E-state index in [1.807, 2.05) is 73.7 Å². The number of hydrogen-bond donors (Lipinski definition) is 5. The van der Waals surface area contributed by atoms with Gasteiger partial charge in [-0.3, -0.25) is 10.1 Å². The van der Waals surface area contributed by atoms with Gasteiger partial charge in [-0.1, -0.05) is 43.3 Å². The smallest absolute Gasteiger partial charge is 0.475 e. The summed E-state index contributed by atoms with van der Waals surface area (Å²) in [5.41, 5.74) is 10.1.